The molecule has 3 aromatic rings. The van der Waals surface area contributed by atoms with Crippen LogP contribution in [0.25, 0.3) is 11.3 Å². The molecule has 0 saturated carbocycles. The molecule has 12 heteroatoms. The number of halogens is 1. The maximum Gasteiger partial charge on any atom is 0.356 e. The molecule has 174 valence electrons. The fourth-order valence-corrected chi connectivity index (χ4v) is 4.04. The monoisotopic (exact) mass is 537 g/mol. The van der Waals surface area contributed by atoms with Gasteiger partial charge in [-0.3, -0.25) is 0 Å². The molecule has 0 radical (unpaired) electrons. The number of aromatic carboxylic acids is 1. The van der Waals surface area contributed by atoms with Gasteiger partial charge < -0.3 is 10.8 Å². The summed E-state index contributed by atoms with van der Waals surface area (Å²) in [6.45, 7) is 1.82. The Balaban J connectivity index is 0.000000238. The zero-order chi connectivity index (χ0) is 24.6. The summed E-state index contributed by atoms with van der Waals surface area (Å²) in [7, 11) is 0. The van der Waals surface area contributed by atoms with E-state index in [-0.39, 0.29) is 21.0 Å². The Morgan fingerprint density at radius 3 is 2.18 bits per heavy atom. The van der Waals surface area contributed by atoms with E-state index in [1.165, 1.54) is 37.3 Å². The van der Waals surface area contributed by atoms with Crippen molar-refractivity contribution in [3.63, 3.8) is 0 Å². The number of hydrogen-bond donors (Lipinski definition) is 5. The van der Waals surface area contributed by atoms with Gasteiger partial charge in [-0.15, -0.1) is 0 Å². The first-order valence-corrected chi connectivity index (χ1v) is 13.0. The van der Waals surface area contributed by atoms with Crippen molar-refractivity contribution in [3.05, 3.63) is 76.9 Å². The Morgan fingerprint density at radius 2 is 1.70 bits per heavy atom. The van der Waals surface area contributed by atoms with Gasteiger partial charge in [-0.05, 0) is 17.7 Å². The summed E-state index contributed by atoms with van der Waals surface area (Å²) in [6, 6.07) is 16.2. The quantitative estimate of drug-likeness (QED) is 0.180. The van der Waals surface area contributed by atoms with Crippen molar-refractivity contribution in [1.29, 1.82) is 0 Å². The van der Waals surface area contributed by atoms with Crippen molar-refractivity contribution in [3.8, 4) is 11.3 Å². The van der Waals surface area contributed by atoms with Crippen molar-refractivity contribution >= 4 is 47.7 Å². The van der Waals surface area contributed by atoms with E-state index in [0.717, 1.165) is 11.1 Å². The van der Waals surface area contributed by atoms with Crippen molar-refractivity contribution < 1.29 is 31.7 Å². The van der Waals surface area contributed by atoms with Gasteiger partial charge >= 0.3 is 94.4 Å². The molecule has 0 aliphatic heterocycles. The van der Waals surface area contributed by atoms with Gasteiger partial charge in [0.15, 0.2) is 5.69 Å². The van der Waals surface area contributed by atoms with Crippen molar-refractivity contribution in [2.45, 2.75) is 13.5 Å². The average molecular weight is 538 g/mol. The van der Waals surface area contributed by atoms with Crippen molar-refractivity contribution in [2.75, 3.05) is 5.32 Å². The molecule has 1 amide bonds. The number of anilines is 1. The summed E-state index contributed by atoms with van der Waals surface area (Å²) in [5.74, 6) is -1.38. The molecule has 0 bridgehead atoms. The Hall–Kier alpha value is -2.98. The number of rotatable bonds is 6. The number of nitrogens with two attached hydrogens (primary N) is 1. The van der Waals surface area contributed by atoms with E-state index < -0.39 is 20.1 Å². The standard InChI is InChI=1S/C13H11ClN2O2.C8H10AsNO5/c14-10-5-6-11(16-12(10)13(17)18)9-3-1-8(7-15)2-4-9;1-6(11)10-8-4-2-7(3-5-8)9(12,13)15-14/h1-6H,7,15H2,(H,17,18);2-5,14H,1H3,(H,10,11)(H,12,13). The molecule has 6 N–H and O–H groups in total. The van der Waals surface area contributed by atoms with Gasteiger partial charge in [0.1, 0.15) is 0 Å². The molecule has 1 heterocycles. The Morgan fingerprint density at radius 1 is 1.09 bits per heavy atom. The number of carbonyl (C=O) groups excluding carboxylic acids is 1. The van der Waals surface area contributed by atoms with E-state index in [0.29, 0.717) is 17.9 Å². The van der Waals surface area contributed by atoms with Crippen LogP contribution in [0, 0.1) is 0 Å². The first kappa shape index (κ1) is 26.3. The predicted molar refractivity (Wildman–Crippen MR) is 122 cm³/mol. The summed E-state index contributed by atoms with van der Waals surface area (Å²) in [6.07, 6.45) is 0. The smallest absolute Gasteiger partial charge is 0.356 e. The second-order valence-electron chi connectivity index (χ2n) is 6.56. The number of carbonyl (C=O) groups is 2. The maximum atomic E-state index is 11.2. The molecule has 10 nitrogen and oxygen atoms in total. The average Bonchev–Trinajstić information content (AvgIpc) is 2.79. The van der Waals surface area contributed by atoms with Crippen molar-refractivity contribution in [1.82, 2.24) is 4.98 Å². The zero-order valence-corrected chi connectivity index (χ0v) is 19.9. The van der Waals surface area contributed by atoms with E-state index >= 15 is 0 Å². The molecule has 1 unspecified atom stereocenters. The fraction of sp³-hybridized carbons (Fsp3) is 0.0952. The van der Waals surface area contributed by atoms with Crippen LogP contribution in [-0.2, 0) is 19.0 Å². The minimum absolute atomic E-state index is 0.00438. The Labute approximate surface area is 196 Å². The second-order valence-corrected chi connectivity index (χ2v) is 10.6. The largest absolute Gasteiger partial charge is 0.476 e. The van der Waals surface area contributed by atoms with Crippen LogP contribution < -0.4 is 15.4 Å². The number of nitrogens with zero attached hydrogens (tertiary/aromatic N) is 1. The number of carboxylic acids is 1. The van der Waals surface area contributed by atoms with Crippen LogP contribution in [0.5, 0.6) is 0 Å². The Bertz CT molecular complexity index is 1170. The number of nitrogens with one attached hydrogen (secondary N) is 1. The third-order valence-electron chi connectivity index (χ3n) is 4.16. The second kappa shape index (κ2) is 11.8. The van der Waals surface area contributed by atoms with Gasteiger partial charge in [0.05, 0.1) is 10.7 Å². The van der Waals surface area contributed by atoms with Gasteiger partial charge in [-0.1, -0.05) is 35.9 Å². The molecule has 0 saturated heterocycles. The number of aromatic nitrogens is 1. The summed E-state index contributed by atoms with van der Waals surface area (Å²) in [5, 5.41) is 19.8. The van der Waals surface area contributed by atoms with E-state index in [9.17, 15) is 13.3 Å². The van der Waals surface area contributed by atoms with E-state index in [4.69, 9.17) is 31.8 Å². The van der Waals surface area contributed by atoms with Gasteiger partial charge in [0.25, 0.3) is 0 Å². The molecule has 0 aliphatic rings. The minimum atomic E-state index is -4.76. The van der Waals surface area contributed by atoms with Crippen LogP contribution in [0.2, 0.25) is 5.02 Å². The fourth-order valence-electron chi connectivity index (χ4n) is 2.55. The molecular formula is C21H21AsClN3O7. The minimum Gasteiger partial charge on any atom is -0.476 e. The van der Waals surface area contributed by atoms with Crippen LogP contribution in [0.1, 0.15) is 23.0 Å². The van der Waals surface area contributed by atoms with Gasteiger partial charge in [0, 0.05) is 12.1 Å². The van der Waals surface area contributed by atoms with Crippen molar-refractivity contribution in [2.24, 2.45) is 5.73 Å². The third-order valence-corrected chi connectivity index (χ3v) is 6.92. The molecule has 0 spiro atoms. The third kappa shape index (κ3) is 7.54. The zero-order valence-electron chi connectivity index (χ0n) is 17.3. The number of carboxylic acid groups (broad SMARTS) is 1. The summed E-state index contributed by atoms with van der Waals surface area (Å²) in [4.78, 5) is 25.7. The van der Waals surface area contributed by atoms with Gasteiger partial charge in [-0.2, -0.15) is 0 Å². The molecule has 2 aromatic carbocycles. The Kier molecular flexibility index (Phi) is 9.36. The maximum absolute atomic E-state index is 11.2. The molecule has 1 atom stereocenters. The summed E-state index contributed by atoms with van der Waals surface area (Å²) in [5.41, 5.74) is 8.27. The summed E-state index contributed by atoms with van der Waals surface area (Å²) >= 11 is 1.00. The van der Waals surface area contributed by atoms with E-state index in [2.05, 4.69) is 14.2 Å². The molecule has 1 aromatic heterocycles. The van der Waals surface area contributed by atoms with Crippen LogP contribution >= 0.6 is 11.6 Å². The van der Waals surface area contributed by atoms with Crippen LogP contribution in [0.3, 0.4) is 0 Å². The SMILES string of the molecule is CC(=O)Nc1ccc([As](=O)(O)OO)cc1.NCc1ccc(-c2ccc(Cl)c(C(=O)O)n2)cc1. The first-order valence-electron chi connectivity index (χ1n) is 9.30. The molecule has 3 rings (SSSR count). The topological polar surface area (TPSA) is 172 Å². The van der Waals surface area contributed by atoms with Gasteiger partial charge in [0.2, 0.25) is 0 Å². The number of benzene rings is 2. The van der Waals surface area contributed by atoms with E-state index in [1.54, 1.807) is 6.07 Å². The van der Waals surface area contributed by atoms with Gasteiger partial charge in [-0.25, -0.2) is 9.78 Å². The number of pyridine rings is 1. The summed E-state index contributed by atoms with van der Waals surface area (Å²) < 4.78 is 23.8. The van der Waals surface area contributed by atoms with Crippen LogP contribution in [0.4, 0.5) is 5.69 Å². The predicted octanol–water partition coefficient (Wildman–Crippen LogP) is 2.26. The number of amides is 1. The number of hydrogen-bond acceptors (Lipinski definition) is 7. The van der Waals surface area contributed by atoms with E-state index in [1.807, 2.05) is 24.3 Å². The molecule has 0 aliphatic carbocycles. The molecule has 0 fully saturated rings. The normalized spacial score (nSPS) is 12.2. The van der Waals surface area contributed by atoms with Crippen LogP contribution in [-0.4, -0.2) is 45.5 Å². The first-order chi connectivity index (χ1) is 15.6. The van der Waals surface area contributed by atoms with Crippen LogP contribution in [0.15, 0.2) is 60.7 Å². The molecule has 33 heavy (non-hydrogen) atoms. The molecular weight excluding hydrogens is 517 g/mol.